The molecule has 3 aromatic heterocycles. The number of anilines is 1. The minimum absolute atomic E-state index is 0.0232. The fourth-order valence-corrected chi connectivity index (χ4v) is 3.84. The predicted octanol–water partition coefficient (Wildman–Crippen LogP) is -0.714. The molecular weight excluding hydrogens is 444 g/mol. The molecule has 1 aliphatic heterocycles. The van der Waals surface area contributed by atoms with E-state index in [9.17, 15) is 18.6 Å². The number of nitrogens with zero attached hydrogens (tertiary/aromatic N) is 6. The highest BCUT2D eigenvalue weighted by atomic mass is 32.2. The van der Waals surface area contributed by atoms with Gasteiger partial charge >= 0.3 is 0 Å². The van der Waals surface area contributed by atoms with Crippen molar-refractivity contribution in [2.24, 2.45) is 0 Å². The maximum atomic E-state index is 11.6. The molecule has 1 saturated heterocycles. The van der Waals surface area contributed by atoms with Crippen molar-refractivity contribution >= 4 is 27.0 Å². The normalized spacial score (nSPS) is 23.9. The summed E-state index contributed by atoms with van der Waals surface area (Å²) in [6.07, 6.45) is -2.02. The molecule has 32 heavy (non-hydrogen) atoms. The smallest absolute Gasteiger partial charge is 0.258 e. The molecule has 0 spiro atoms. The number of hydrogen-bond acceptors (Lipinski definition) is 12. The zero-order chi connectivity index (χ0) is 23.0. The molecule has 0 amide bonds. The Balaban J connectivity index is 1.57. The lowest BCUT2D eigenvalue weighted by Gasteiger charge is -2.16. The van der Waals surface area contributed by atoms with Crippen molar-refractivity contribution < 1.29 is 27.9 Å². The van der Waals surface area contributed by atoms with Gasteiger partial charge in [0.15, 0.2) is 35.1 Å². The number of fused-ring (bicyclic) bond motifs is 1. The number of ether oxygens (including phenoxy) is 1. The van der Waals surface area contributed by atoms with Crippen LogP contribution in [-0.4, -0.2) is 79.8 Å². The maximum Gasteiger partial charge on any atom is 0.258 e. The first-order chi connectivity index (χ1) is 15.2. The van der Waals surface area contributed by atoms with E-state index < -0.39 is 34.6 Å². The van der Waals surface area contributed by atoms with Crippen LogP contribution in [0.2, 0.25) is 0 Å². The van der Waals surface area contributed by atoms with Crippen LogP contribution in [0.3, 0.4) is 0 Å². The maximum absolute atomic E-state index is 11.6. The van der Waals surface area contributed by atoms with E-state index in [4.69, 9.17) is 9.26 Å². The van der Waals surface area contributed by atoms with Crippen LogP contribution < -0.4 is 10.0 Å². The first kappa shape index (κ1) is 22.5. The van der Waals surface area contributed by atoms with E-state index in [1.165, 1.54) is 24.3 Å². The minimum atomic E-state index is -3.38. The number of aliphatic hydroxyl groups is 2. The second-order valence-electron chi connectivity index (χ2n) is 7.57. The molecule has 0 radical (unpaired) electrons. The van der Waals surface area contributed by atoms with Crippen molar-refractivity contribution in [1.29, 1.82) is 0 Å². The van der Waals surface area contributed by atoms with Crippen LogP contribution in [0.25, 0.3) is 11.2 Å². The zero-order valence-electron chi connectivity index (χ0n) is 17.6. The topological polar surface area (TPSA) is 190 Å². The van der Waals surface area contributed by atoms with E-state index in [0.717, 1.165) is 0 Å². The first-order valence-corrected chi connectivity index (χ1v) is 11.5. The monoisotopic (exact) mass is 468 g/mol. The highest BCUT2D eigenvalue weighted by Gasteiger charge is 2.47. The van der Waals surface area contributed by atoms with Crippen molar-refractivity contribution in [2.45, 2.75) is 44.3 Å². The lowest BCUT2D eigenvalue weighted by atomic mass is 10.1. The van der Waals surface area contributed by atoms with Gasteiger partial charge in [-0.2, -0.15) is 4.98 Å². The van der Waals surface area contributed by atoms with Crippen LogP contribution in [0.5, 0.6) is 0 Å². The number of aromatic nitrogens is 6. The first-order valence-electron chi connectivity index (χ1n) is 9.89. The second-order valence-corrected chi connectivity index (χ2v) is 9.62. The van der Waals surface area contributed by atoms with Gasteiger partial charge in [-0.25, -0.2) is 28.1 Å². The summed E-state index contributed by atoms with van der Waals surface area (Å²) >= 11 is 0. The number of hydrogen-bond donors (Lipinski definition) is 4. The second kappa shape index (κ2) is 8.67. The van der Waals surface area contributed by atoms with Crippen LogP contribution in [-0.2, 0) is 14.8 Å². The van der Waals surface area contributed by atoms with Crippen LogP contribution in [0.4, 0.5) is 5.82 Å². The summed E-state index contributed by atoms with van der Waals surface area (Å²) in [7, 11) is -2.04. The van der Waals surface area contributed by atoms with Gasteiger partial charge in [-0.15, -0.1) is 0 Å². The number of rotatable bonds is 8. The van der Waals surface area contributed by atoms with Crippen molar-refractivity contribution in [3.63, 3.8) is 0 Å². The highest BCUT2D eigenvalue weighted by molar-refractivity contribution is 7.89. The van der Waals surface area contributed by atoms with Crippen molar-refractivity contribution in [1.82, 2.24) is 34.4 Å². The molecule has 0 aromatic carbocycles. The SMILES string of the molecule is CNS(=O)(=O)CCNc1ncnc2c1ncn2[C@@H]1O[C@H](c2nc(C(C)C)no2)[C@@H](O)[C@H]1O. The molecule has 4 atom stereocenters. The number of imidazole rings is 1. The molecule has 4 heterocycles. The highest BCUT2D eigenvalue weighted by Crippen LogP contribution is 2.39. The summed E-state index contributed by atoms with van der Waals surface area (Å²) in [5.41, 5.74) is 0.673. The third kappa shape index (κ3) is 4.16. The summed E-state index contributed by atoms with van der Waals surface area (Å²) in [5.74, 6) is 0.718. The fourth-order valence-electron chi connectivity index (χ4n) is 3.26. The van der Waals surface area contributed by atoms with Gasteiger partial charge < -0.3 is 24.8 Å². The number of aliphatic hydroxyl groups excluding tert-OH is 2. The van der Waals surface area contributed by atoms with Crippen LogP contribution >= 0.6 is 0 Å². The molecule has 1 fully saturated rings. The Morgan fingerprint density at radius 1 is 1.22 bits per heavy atom. The third-order valence-electron chi connectivity index (χ3n) is 5.06. The summed E-state index contributed by atoms with van der Waals surface area (Å²) < 4.78 is 38.0. The van der Waals surface area contributed by atoms with Crippen molar-refractivity contribution in [3.05, 3.63) is 24.4 Å². The number of nitrogens with one attached hydrogen (secondary N) is 2. The third-order valence-corrected chi connectivity index (χ3v) is 6.43. The predicted molar refractivity (Wildman–Crippen MR) is 110 cm³/mol. The van der Waals surface area contributed by atoms with E-state index in [-0.39, 0.29) is 24.1 Å². The van der Waals surface area contributed by atoms with E-state index in [1.807, 2.05) is 13.8 Å². The number of sulfonamides is 1. The molecule has 0 unspecified atom stereocenters. The van der Waals surface area contributed by atoms with Crippen molar-refractivity contribution in [3.8, 4) is 0 Å². The lowest BCUT2D eigenvalue weighted by Crippen LogP contribution is -2.29. The Bertz CT molecular complexity index is 1190. The summed E-state index contributed by atoms with van der Waals surface area (Å²) in [5, 5.41) is 27.9. The minimum Gasteiger partial charge on any atom is -0.387 e. The largest absolute Gasteiger partial charge is 0.387 e. The van der Waals surface area contributed by atoms with Gasteiger partial charge in [0, 0.05) is 12.5 Å². The van der Waals surface area contributed by atoms with Crippen LogP contribution in [0.1, 0.15) is 43.8 Å². The van der Waals surface area contributed by atoms with Gasteiger partial charge in [-0.05, 0) is 7.05 Å². The molecule has 0 saturated carbocycles. The molecule has 4 N–H and O–H groups in total. The molecule has 1 aliphatic rings. The summed E-state index contributed by atoms with van der Waals surface area (Å²) in [4.78, 5) is 16.8. The summed E-state index contributed by atoms with van der Waals surface area (Å²) in [6, 6.07) is 0. The van der Waals surface area contributed by atoms with Crippen LogP contribution in [0, 0.1) is 0 Å². The Morgan fingerprint density at radius 3 is 2.69 bits per heavy atom. The van der Waals surface area contributed by atoms with E-state index >= 15 is 0 Å². The average Bonchev–Trinajstić information content (AvgIpc) is 3.47. The van der Waals surface area contributed by atoms with Gasteiger partial charge in [-0.1, -0.05) is 19.0 Å². The quantitative estimate of drug-likeness (QED) is 0.325. The Kier molecular flexibility index (Phi) is 6.09. The van der Waals surface area contributed by atoms with Gasteiger partial charge in [0.25, 0.3) is 5.89 Å². The molecule has 174 valence electrons. The lowest BCUT2D eigenvalue weighted by molar-refractivity contribution is -0.0451. The standard InChI is InChI=1S/C17H24N8O6S/c1-8(2)13-23-16(31-24-13)12-10(26)11(27)17(30-12)25-7-22-9-14(20-6-21-15(9)25)19-4-5-32(28,29)18-3/h6-8,10-12,17-18,26-27H,4-5H2,1-3H3,(H,19,20,21)/t10-,11+,12-,17+/m0/s1. The fraction of sp³-hybridized carbons (Fsp3) is 0.588. The molecule has 14 nitrogen and oxygen atoms in total. The van der Waals surface area contributed by atoms with Crippen molar-refractivity contribution in [2.75, 3.05) is 24.7 Å². The molecular formula is C17H24N8O6S. The van der Waals surface area contributed by atoms with Crippen LogP contribution in [0.15, 0.2) is 17.2 Å². The van der Waals surface area contributed by atoms with E-state index in [1.54, 1.807) is 0 Å². The summed E-state index contributed by atoms with van der Waals surface area (Å²) in [6.45, 7) is 3.89. The van der Waals surface area contributed by atoms with E-state index in [0.29, 0.717) is 22.8 Å². The van der Waals surface area contributed by atoms with Gasteiger partial charge in [-0.3, -0.25) is 4.57 Å². The Labute approximate surface area is 183 Å². The molecule has 0 aliphatic carbocycles. The molecule has 4 rings (SSSR count). The molecule has 15 heteroatoms. The average molecular weight is 468 g/mol. The Morgan fingerprint density at radius 2 is 2.00 bits per heavy atom. The van der Waals surface area contributed by atoms with Gasteiger partial charge in [0.1, 0.15) is 18.5 Å². The Hall–Kier alpha value is -2.72. The van der Waals surface area contributed by atoms with Gasteiger partial charge in [0.2, 0.25) is 10.0 Å². The van der Waals surface area contributed by atoms with E-state index in [2.05, 4.69) is 35.1 Å². The molecule has 3 aromatic rings. The van der Waals surface area contributed by atoms with Gasteiger partial charge in [0.05, 0.1) is 12.1 Å². The molecule has 0 bridgehead atoms. The zero-order valence-corrected chi connectivity index (χ0v) is 18.4.